The van der Waals surface area contributed by atoms with E-state index in [1.54, 1.807) is 0 Å². The first-order valence-corrected chi connectivity index (χ1v) is 9.57. The van der Waals surface area contributed by atoms with Crippen molar-refractivity contribution in [1.29, 1.82) is 0 Å². The normalized spacial score (nSPS) is 11.1. The summed E-state index contributed by atoms with van der Waals surface area (Å²) in [5.74, 6) is -0.770. The quantitative estimate of drug-likeness (QED) is 0.704. The number of anilines is 1. The van der Waals surface area contributed by atoms with Gasteiger partial charge in [0.05, 0.1) is 10.6 Å². The van der Waals surface area contributed by atoms with Gasteiger partial charge in [-0.1, -0.05) is 25.8 Å². The average Bonchev–Trinajstić information content (AvgIpc) is 2.58. The molecule has 0 unspecified atom stereocenters. The van der Waals surface area contributed by atoms with Crippen LogP contribution in [0, 0.1) is 5.82 Å². The van der Waals surface area contributed by atoms with Gasteiger partial charge in [0.15, 0.2) is 0 Å². The van der Waals surface area contributed by atoms with Crippen LogP contribution in [0.1, 0.15) is 36.5 Å². The number of nitrogens with one attached hydrogen (secondary N) is 2. The van der Waals surface area contributed by atoms with E-state index in [1.807, 2.05) is 0 Å². The largest absolute Gasteiger partial charge is 0.352 e. The van der Waals surface area contributed by atoms with Crippen molar-refractivity contribution in [1.82, 2.24) is 5.32 Å². The monoisotopic (exact) mass is 364 g/mol. The third-order valence-corrected chi connectivity index (χ3v) is 4.97. The predicted octanol–water partition coefficient (Wildman–Crippen LogP) is 3.55. The fourth-order valence-electron chi connectivity index (χ4n) is 2.23. The Labute approximate surface area is 147 Å². The SMILES string of the molecule is CCCCCNC(=O)c1ccc(S(=O)(=O)Nc2cccc(F)c2)cc1. The van der Waals surface area contributed by atoms with Crippen molar-refractivity contribution in [3.05, 3.63) is 59.9 Å². The number of hydrogen-bond acceptors (Lipinski definition) is 3. The highest BCUT2D eigenvalue weighted by Gasteiger charge is 2.15. The maximum absolute atomic E-state index is 13.2. The lowest BCUT2D eigenvalue weighted by atomic mass is 10.2. The smallest absolute Gasteiger partial charge is 0.261 e. The number of unbranched alkanes of at least 4 members (excludes halogenated alkanes) is 2. The molecule has 0 spiro atoms. The molecule has 0 fully saturated rings. The molecule has 0 aliphatic heterocycles. The van der Waals surface area contributed by atoms with Crippen molar-refractivity contribution in [2.45, 2.75) is 31.1 Å². The van der Waals surface area contributed by atoms with E-state index < -0.39 is 15.8 Å². The van der Waals surface area contributed by atoms with E-state index in [-0.39, 0.29) is 16.5 Å². The molecule has 134 valence electrons. The molecule has 0 saturated heterocycles. The van der Waals surface area contributed by atoms with Crippen LogP contribution in [0.2, 0.25) is 0 Å². The van der Waals surface area contributed by atoms with Crippen LogP contribution in [-0.2, 0) is 10.0 Å². The second-order valence-electron chi connectivity index (χ2n) is 5.60. The minimum atomic E-state index is -3.85. The molecule has 0 saturated carbocycles. The zero-order chi connectivity index (χ0) is 18.3. The molecule has 0 atom stereocenters. The van der Waals surface area contributed by atoms with E-state index in [1.165, 1.54) is 42.5 Å². The minimum Gasteiger partial charge on any atom is -0.352 e. The lowest BCUT2D eigenvalue weighted by Crippen LogP contribution is -2.24. The van der Waals surface area contributed by atoms with Gasteiger partial charge >= 0.3 is 0 Å². The van der Waals surface area contributed by atoms with Crippen LogP contribution in [0.5, 0.6) is 0 Å². The van der Waals surface area contributed by atoms with Crippen molar-refractivity contribution < 1.29 is 17.6 Å². The van der Waals surface area contributed by atoms with Gasteiger partial charge in [0.1, 0.15) is 5.82 Å². The van der Waals surface area contributed by atoms with E-state index in [2.05, 4.69) is 17.0 Å². The highest BCUT2D eigenvalue weighted by atomic mass is 32.2. The second kappa shape index (κ2) is 8.62. The molecule has 0 aromatic heterocycles. The molecule has 2 N–H and O–H groups in total. The summed E-state index contributed by atoms with van der Waals surface area (Å²) >= 11 is 0. The van der Waals surface area contributed by atoms with Gasteiger partial charge < -0.3 is 5.32 Å². The van der Waals surface area contributed by atoms with Crippen LogP contribution < -0.4 is 10.0 Å². The van der Waals surface area contributed by atoms with Gasteiger partial charge in [0, 0.05) is 12.1 Å². The molecule has 0 bridgehead atoms. The summed E-state index contributed by atoms with van der Waals surface area (Å²) in [6, 6.07) is 10.8. The van der Waals surface area contributed by atoms with E-state index in [0.29, 0.717) is 12.1 Å². The van der Waals surface area contributed by atoms with Gasteiger partial charge in [-0.3, -0.25) is 9.52 Å². The van der Waals surface area contributed by atoms with E-state index >= 15 is 0 Å². The zero-order valence-corrected chi connectivity index (χ0v) is 14.8. The Morgan fingerprint density at radius 2 is 1.80 bits per heavy atom. The molecule has 0 heterocycles. The van der Waals surface area contributed by atoms with Crippen molar-refractivity contribution in [2.75, 3.05) is 11.3 Å². The van der Waals surface area contributed by atoms with E-state index in [4.69, 9.17) is 0 Å². The number of sulfonamides is 1. The van der Waals surface area contributed by atoms with Gasteiger partial charge in [-0.05, 0) is 48.9 Å². The summed E-state index contributed by atoms with van der Waals surface area (Å²) in [4.78, 5) is 12.0. The third kappa shape index (κ3) is 5.56. The summed E-state index contributed by atoms with van der Waals surface area (Å²) in [6.07, 6.45) is 3.02. The summed E-state index contributed by atoms with van der Waals surface area (Å²) in [6.45, 7) is 2.67. The Bertz CT molecular complexity index is 820. The average molecular weight is 364 g/mol. The highest BCUT2D eigenvalue weighted by molar-refractivity contribution is 7.92. The molecule has 0 aliphatic carbocycles. The Morgan fingerprint density at radius 1 is 1.08 bits per heavy atom. The second-order valence-corrected chi connectivity index (χ2v) is 7.29. The van der Waals surface area contributed by atoms with Crippen LogP contribution in [0.15, 0.2) is 53.4 Å². The first-order chi connectivity index (χ1) is 11.9. The van der Waals surface area contributed by atoms with Gasteiger partial charge in [-0.25, -0.2) is 12.8 Å². The van der Waals surface area contributed by atoms with Crippen molar-refractivity contribution in [2.24, 2.45) is 0 Å². The van der Waals surface area contributed by atoms with E-state index in [9.17, 15) is 17.6 Å². The van der Waals surface area contributed by atoms with Crippen molar-refractivity contribution in [3.8, 4) is 0 Å². The van der Waals surface area contributed by atoms with Gasteiger partial charge in [0.25, 0.3) is 15.9 Å². The van der Waals surface area contributed by atoms with Gasteiger partial charge in [-0.2, -0.15) is 0 Å². The number of benzene rings is 2. The fraction of sp³-hybridized carbons (Fsp3) is 0.278. The van der Waals surface area contributed by atoms with E-state index in [0.717, 1.165) is 25.3 Å². The minimum absolute atomic E-state index is 0.000654. The molecule has 2 rings (SSSR count). The molecular formula is C18H21FN2O3S. The third-order valence-electron chi connectivity index (χ3n) is 3.57. The van der Waals surface area contributed by atoms with Gasteiger partial charge in [-0.15, -0.1) is 0 Å². The first-order valence-electron chi connectivity index (χ1n) is 8.09. The van der Waals surface area contributed by atoms with Crippen molar-refractivity contribution >= 4 is 21.6 Å². The molecule has 25 heavy (non-hydrogen) atoms. The maximum Gasteiger partial charge on any atom is 0.261 e. The number of halogens is 1. The highest BCUT2D eigenvalue weighted by Crippen LogP contribution is 2.17. The topological polar surface area (TPSA) is 75.3 Å². The first kappa shape index (κ1) is 18.9. The zero-order valence-electron chi connectivity index (χ0n) is 14.0. The molecular weight excluding hydrogens is 343 g/mol. The molecule has 2 aromatic rings. The molecule has 2 aromatic carbocycles. The van der Waals surface area contributed by atoms with Crippen LogP contribution in [-0.4, -0.2) is 20.9 Å². The summed E-state index contributed by atoms with van der Waals surface area (Å²) in [5, 5.41) is 2.79. The Hall–Kier alpha value is -2.41. The lowest BCUT2D eigenvalue weighted by molar-refractivity contribution is 0.0953. The molecule has 7 heteroatoms. The lowest BCUT2D eigenvalue weighted by Gasteiger charge is -2.09. The van der Waals surface area contributed by atoms with Crippen molar-refractivity contribution in [3.63, 3.8) is 0 Å². The summed E-state index contributed by atoms with van der Waals surface area (Å²) < 4.78 is 40.1. The van der Waals surface area contributed by atoms with Crippen LogP contribution in [0.25, 0.3) is 0 Å². The predicted molar refractivity (Wildman–Crippen MR) is 95.5 cm³/mol. The molecule has 0 radical (unpaired) electrons. The van der Waals surface area contributed by atoms with Gasteiger partial charge in [0.2, 0.25) is 0 Å². The van der Waals surface area contributed by atoms with Crippen LogP contribution in [0.4, 0.5) is 10.1 Å². The number of carbonyl (C=O) groups is 1. The fourth-order valence-corrected chi connectivity index (χ4v) is 3.28. The number of amides is 1. The Kier molecular flexibility index (Phi) is 6.52. The van der Waals surface area contributed by atoms with Crippen LogP contribution in [0.3, 0.4) is 0 Å². The standard InChI is InChI=1S/C18H21FN2O3S/c1-2-3-4-12-20-18(22)14-8-10-17(11-9-14)25(23,24)21-16-7-5-6-15(19)13-16/h5-11,13,21H,2-4,12H2,1H3,(H,20,22). The molecule has 1 amide bonds. The van der Waals surface area contributed by atoms with Crippen LogP contribution >= 0.6 is 0 Å². The maximum atomic E-state index is 13.2. The number of rotatable bonds is 8. The molecule has 0 aliphatic rings. The Morgan fingerprint density at radius 3 is 2.44 bits per heavy atom. The molecule has 5 nitrogen and oxygen atoms in total. The Balaban J connectivity index is 2.04. The number of carbonyl (C=O) groups excluding carboxylic acids is 1. The summed E-state index contributed by atoms with van der Waals surface area (Å²) in [5.41, 5.74) is 0.527. The summed E-state index contributed by atoms with van der Waals surface area (Å²) in [7, 11) is -3.85. The number of hydrogen-bond donors (Lipinski definition) is 2.